The molecular weight excluding hydrogens is 206 g/mol. The Hall–Kier alpha value is -0.640. The summed E-state index contributed by atoms with van der Waals surface area (Å²) in [5.41, 5.74) is 0. The van der Waals surface area contributed by atoms with Crippen molar-refractivity contribution in [1.82, 2.24) is 9.36 Å². The second-order valence-electron chi connectivity index (χ2n) is 4.50. The maximum atomic E-state index is 4.36. The lowest BCUT2D eigenvalue weighted by Crippen LogP contribution is -2.24. The van der Waals surface area contributed by atoms with Crippen LogP contribution in [0.2, 0.25) is 0 Å². The maximum Gasteiger partial charge on any atom is 0.202 e. The highest BCUT2D eigenvalue weighted by molar-refractivity contribution is 7.09. The maximum absolute atomic E-state index is 4.36. The fourth-order valence-corrected chi connectivity index (χ4v) is 3.18. The summed E-state index contributed by atoms with van der Waals surface area (Å²) in [7, 11) is 0. The molecule has 0 aromatic carbocycles. The Kier molecular flexibility index (Phi) is 3.24. The molecule has 1 N–H and O–H groups in total. The van der Waals surface area contributed by atoms with Crippen LogP contribution in [0.5, 0.6) is 0 Å². The molecule has 3 unspecified atom stereocenters. The summed E-state index contributed by atoms with van der Waals surface area (Å²) >= 11 is 1.48. The molecule has 15 heavy (non-hydrogen) atoms. The van der Waals surface area contributed by atoms with Crippen LogP contribution in [0.3, 0.4) is 0 Å². The molecule has 3 atom stereocenters. The molecule has 1 heterocycles. The Bertz CT molecular complexity index is 323. The number of anilines is 1. The van der Waals surface area contributed by atoms with Crippen molar-refractivity contribution in [3.05, 3.63) is 5.82 Å². The Morgan fingerprint density at radius 3 is 2.80 bits per heavy atom. The highest BCUT2D eigenvalue weighted by Crippen LogP contribution is 2.35. The zero-order valence-corrected chi connectivity index (χ0v) is 10.5. The number of nitrogens with zero attached hydrogens (tertiary/aromatic N) is 2. The van der Waals surface area contributed by atoms with Gasteiger partial charge in [-0.2, -0.15) is 4.37 Å². The number of aromatic nitrogens is 2. The standard InChI is InChI=1S/C11H19N3S/c1-4-9-5-6-10(7(9)2)13-11-12-8(3)14-15-11/h7,9-10H,4-6H2,1-3H3,(H,12,13,14). The molecule has 1 saturated carbocycles. The second-order valence-corrected chi connectivity index (χ2v) is 5.25. The van der Waals surface area contributed by atoms with Gasteiger partial charge in [0.05, 0.1) is 0 Å². The summed E-state index contributed by atoms with van der Waals surface area (Å²) in [6, 6.07) is 0.599. The van der Waals surface area contributed by atoms with Gasteiger partial charge in [0.25, 0.3) is 0 Å². The molecule has 1 aromatic heterocycles. The van der Waals surface area contributed by atoms with Crippen LogP contribution in [0.4, 0.5) is 5.13 Å². The Labute approximate surface area is 95.5 Å². The molecule has 1 fully saturated rings. The minimum Gasteiger partial charge on any atom is -0.357 e. The average molecular weight is 225 g/mol. The van der Waals surface area contributed by atoms with E-state index in [1.165, 1.54) is 30.8 Å². The highest BCUT2D eigenvalue weighted by atomic mass is 32.1. The van der Waals surface area contributed by atoms with Crippen LogP contribution in [-0.2, 0) is 0 Å². The molecule has 4 heteroatoms. The summed E-state index contributed by atoms with van der Waals surface area (Å²) in [5.74, 6) is 2.52. The summed E-state index contributed by atoms with van der Waals surface area (Å²) in [6.45, 7) is 6.58. The average Bonchev–Trinajstić information content (AvgIpc) is 2.76. The SMILES string of the molecule is CCC1CCC(Nc2nc(C)ns2)C1C. The largest absolute Gasteiger partial charge is 0.357 e. The van der Waals surface area contributed by atoms with Crippen LogP contribution < -0.4 is 5.32 Å². The number of nitrogens with one attached hydrogen (secondary N) is 1. The molecule has 0 aliphatic heterocycles. The molecule has 2 rings (SSSR count). The lowest BCUT2D eigenvalue weighted by molar-refractivity contribution is 0.392. The van der Waals surface area contributed by atoms with Crippen molar-refractivity contribution < 1.29 is 0 Å². The van der Waals surface area contributed by atoms with Gasteiger partial charge in [-0.3, -0.25) is 0 Å². The lowest BCUT2D eigenvalue weighted by atomic mass is 9.94. The van der Waals surface area contributed by atoms with E-state index >= 15 is 0 Å². The normalized spacial score (nSPS) is 30.7. The minimum atomic E-state index is 0.599. The first-order chi connectivity index (χ1) is 7.20. The predicted molar refractivity (Wildman–Crippen MR) is 64.2 cm³/mol. The summed E-state index contributed by atoms with van der Waals surface area (Å²) < 4.78 is 4.19. The van der Waals surface area contributed by atoms with E-state index < -0.39 is 0 Å². The Morgan fingerprint density at radius 1 is 1.47 bits per heavy atom. The zero-order chi connectivity index (χ0) is 10.8. The van der Waals surface area contributed by atoms with E-state index in [1.54, 1.807) is 0 Å². The highest BCUT2D eigenvalue weighted by Gasteiger charge is 2.31. The summed E-state index contributed by atoms with van der Waals surface area (Å²) in [5, 5.41) is 4.51. The van der Waals surface area contributed by atoms with E-state index in [2.05, 4.69) is 28.5 Å². The van der Waals surface area contributed by atoms with Gasteiger partial charge < -0.3 is 5.32 Å². The smallest absolute Gasteiger partial charge is 0.202 e. The van der Waals surface area contributed by atoms with E-state index in [-0.39, 0.29) is 0 Å². The second kappa shape index (κ2) is 4.47. The number of aryl methyl sites for hydroxylation is 1. The van der Waals surface area contributed by atoms with Gasteiger partial charge in [-0.15, -0.1) is 0 Å². The molecule has 0 spiro atoms. The van der Waals surface area contributed by atoms with E-state index in [4.69, 9.17) is 0 Å². The molecule has 3 nitrogen and oxygen atoms in total. The number of rotatable bonds is 3. The molecule has 0 saturated heterocycles. The van der Waals surface area contributed by atoms with E-state index in [0.29, 0.717) is 6.04 Å². The van der Waals surface area contributed by atoms with Crippen LogP contribution in [0.1, 0.15) is 38.9 Å². The lowest BCUT2D eigenvalue weighted by Gasteiger charge is -2.20. The van der Waals surface area contributed by atoms with Gasteiger partial charge in [0.2, 0.25) is 5.13 Å². The van der Waals surface area contributed by atoms with Gasteiger partial charge >= 0.3 is 0 Å². The molecule has 84 valence electrons. The first kappa shape index (κ1) is 10.9. The van der Waals surface area contributed by atoms with Crippen molar-refractivity contribution in [2.45, 2.75) is 46.1 Å². The van der Waals surface area contributed by atoms with Gasteiger partial charge in [0.15, 0.2) is 0 Å². The van der Waals surface area contributed by atoms with Crippen molar-refractivity contribution in [3.8, 4) is 0 Å². The number of hydrogen-bond donors (Lipinski definition) is 1. The zero-order valence-electron chi connectivity index (χ0n) is 9.66. The van der Waals surface area contributed by atoms with Gasteiger partial charge in [-0.05, 0) is 31.6 Å². The van der Waals surface area contributed by atoms with Crippen LogP contribution in [-0.4, -0.2) is 15.4 Å². The number of hydrogen-bond acceptors (Lipinski definition) is 4. The first-order valence-corrected chi connectivity index (χ1v) is 6.55. The molecule has 0 radical (unpaired) electrons. The van der Waals surface area contributed by atoms with Crippen LogP contribution in [0, 0.1) is 18.8 Å². The summed E-state index contributed by atoms with van der Waals surface area (Å²) in [4.78, 5) is 4.36. The van der Waals surface area contributed by atoms with Crippen molar-refractivity contribution in [2.24, 2.45) is 11.8 Å². The quantitative estimate of drug-likeness (QED) is 0.859. The topological polar surface area (TPSA) is 37.8 Å². The third-order valence-corrected chi connectivity index (χ3v) is 4.33. The molecule has 0 bridgehead atoms. The van der Waals surface area contributed by atoms with E-state index in [1.807, 2.05) is 6.92 Å². The third kappa shape index (κ3) is 2.30. The van der Waals surface area contributed by atoms with Crippen LogP contribution >= 0.6 is 11.5 Å². The van der Waals surface area contributed by atoms with Crippen molar-refractivity contribution >= 4 is 16.7 Å². The van der Waals surface area contributed by atoms with Crippen molar-refractivity contribution in [1.29, 1.82) is 0 Å². The first-order valence-electron chi connectivity index (χ1n) is 5.77. The third-order valence-electron chi connectivity index (χ3n) is 3.59. The fraction of sp³-hybridized carbons (Fsp3) is 0.818. The van der Waals surface area contributed by atoms with Crippen LogP contribution in [0.25, 0.3) is 0 Å². The minimum absolute atomic E-state index is 0.599. The molecule has 1 aliphatic rings. The van der Waals surface area contributed by atoms with Gasteiger partial charge in [0.1, 0.15) is 5.82 Å². The van der Waals surface area contributed by atoms with Gasteiger partial charge in [-0.1, -0.05) is 20.3 Å². The fourth-order valence-electron chi connectivity index (χ4n) is 2.54. The van der Waals surface area contributed by atoms with Crippen LogP contribution in [0.15, 0.2) is 0 Å². The van der Waals surface area contributed by atoms with Crippen molar-refractivity contribution in [3.63, 3.8) is 0 Å². The van der Waals surface area contributed by atoms with Crippen molar-refractivity contribution in [2.75, 3.05) is 5.32 Å². The summed E-state index contributed by atoms with van der Waals surface area (Å²) in [6.07, 6.45) is 3.93. The monoisotopic (exact) mass is 225 g/mol. The Morgan fingerprint density at radius 2 is 2.27 bits per heavy atom. The van der Waals surface area contributed by atoms with Gasteiger partial charge in [-0.25, -0.2) is 4.98 Å². The molecule has 1 aromatic rings. The molecule has 0 amide bonds. The molecule has 1 aliphatic carbocycles. The van der Waals surface area contributed by atoms with E-state index in [9.17, 15) is 0 Å². The van der Waals surface area contributed by atoms with E-state index in [0.717, 1.165) is 22.8 Å². The predicted octanol–water partition coefficient (Wildman–Crippen LogP) is 3.08. The Balaban J connectivity index is 1.96. The van der Waals surface area contributed by atoms with Gasteiger partial charge in [0, 0.05) is 17.6 Å². The molecular formula is C11H19N3S.